The van der Waals surface area contributed by atoms with E-state index in [1.165, 1.54) is 12.1 Å². The van der Waals surface area contributed by atoms with Crippen molar-refractivity contribution in [3.05, 3.63) is 54.0 Å². The van der Waals surface area contributed by atoms with E-state index in [0.717, 1.165) is 62.2 Å². The molecule has 1 aliphatic heterocycles. The van der Waals surface area contributed by atoms with Gasteiger partial charge < -0.3 is 20.4 Å². The van der Waals surface area contributed by atoms with Crippen molar-refractivity contribution in [3.8, 4) is 0 Å². The smallest absolute Gasteiger partial charge is 0.191 e. The molecule has 0 aliphatic carbocycles. The summed E-state index contributed by atoms with van der Waals surface area (Å²) in [5.41, 5.74) is 2.21. The number of rotatable bonds is 7. The van der Waals surface area contributed by atoms with Gasteiger partial charge in [-0.15, -0.1) is 24.0 Å². The van der Waals surface area contributed by atoms with Gasteiger partial charge in [0.1, 0.15) is 11.6 Å². The summed E-state index contributed by atoms with van der Waals surface area (Å²) in [4.78, 5) is 13.9. The number of benzene rings is 1. The van der Waals surface area contributed by atoms with E-state index in [1.54, 1.807) is 0 Å². The maximum Gasteiger partial charge on any atom is 0.191 e. The van der Waals surface area contributed by atoms with E-state index in [2.05, 4.69) is 52.3 Å². The van der Waals surface area contributed by atoms with Crippen LogP contribution in [0, 0.1) is 5.82 Å². The summed E-state index contributed by atoms with van der Waals surface area (Å²) in [6.45, 7) is 11.4. The molecule has 2 N–H and O–H groups in total. The van der Waals surface area contributed by atoms with Crippen molar-refractivity contribution in [2.24, 2.45) is 4.99 Å². The molecule has 0 amide bonds. The van der Waals surface area contributed by atoms with E-state index in [1.807, 2.05) is 24.4 Å². The number of nitrogens with zero attached hydrogens (tertiary/aromatic N) is 4. The lowest BCUT2D eigenvalue weighted by Gasteiger charge is -2.36. The Hall–Kier alpha value is -2.10. The van der Waals surface area contributed by atoms with Crippen molar-refractivity contribution in [1.82, 2.24) is 15.6 Å². The highest BCUT2D eigenvalue weighted by atomic mass is 127. The van der Waals surface area contributed by atoms with Gasteiger partial charge in [0.2, 0.25) is 0 Å². The van der Waals surface area contributed by atoms with Crippen LogP contribution in [0.5, 0.6) is 0 Å². The van der Waals surface area contributed by atoms with Gasteiger partial charge in [0, 0.05) is 50.6 Å². The fraction of sp³-hybridized carbons (Fsp3) is 0.478. The molecule has 1 aromatic heterocycles. The average molecular weight is 540 g/mol. The second kappa shape index (κ2) is 12.7. The topological polar surface area (TPSA) is 55.8 Å². The van der Waals surface area contributed by atoms with E-state index in [4.69, 9.17) is 4.99 Å². The summed E-state index contributed by atoms with van der Waals surface area (Å²) < 4.78 is 13.2. The van der Waals surface area contributed by atoms with Gasteiger partial charge in [-0.05, 0) is 62.2 Å². The Labute approximate surface area is 202 Å². The molecule has 170 valence electrons. The Morgan fingerprint density at radius 1 is 1.10 bits per heavy atom. The molecule has 1 unspecified atom stereocenters. The number of pyridine rings is 1. The maximum absolute atomic E-state index is 13.2. The lowest BCUT2D eigenvalue weighted by Crippen LogP contribution is -2.46. The Kier molecular flexibility index (Phi) is 10.3. The van der Waals surface area contributed by atoms with Crippen LogP contribution in [0.2, 0.25) is 0 Å². The first-order chi connectivity index (χ1) is 14.6. The molecule has 3 rings (SSSR count). The molecule has 31 heavy (non-hydrogen) atoms. The van der Waals surface area contributed by atoms with Crippen molar-refractivity contribution in [3.63, 3.8) is 0 Å². The zero-order chi connectivity index (χ0) is 21.3. The first-order valence-corrected chi connectivity index (χ1v) is 10.8. The van der Waals surface area contributed by atoms with Gasteiger partial charge in [-0.25, -0.2) is 14.4 Å². The highest BCUT2D eigenvalue weighted by Crippen LogP contribution is 2.20. The minimum Gasteiger partial charge on any atom is -0.368 e. The largest absolute Gasteiger partial charge is 0.368 e. The van der Waals surface area contributed by atoms with Crippen LogP contribution in [0.4, 0.5) is 15.9 Å². The Morgan fingerprint density at radius 2 is 1.77 bits per heavy atom. The van der Waals surface area contributed by atoms with Crippen molar-refractivity contribution in [2.45, 2.75) is 39.8 Å². The highest BCUT2D eigenvalue weighted by molar-refractivity contribution is 14.0. The SMILES string of the molecule is CCNC(=NCc1ccnc(N2CCN(c3ccc(F)cc3)CC2)c1)NC(C)CC.I. The lowest BCUT2D eigenvalue weighted by atomic mass is 10.2. The molecule has 8 heteroatoms. The van der Waals surface area contributed by atoms with Crippen LogP contribution in [0.3, 0.4) is 0 Å². The van der Waals surface area contributed by atoms with Crippen molar-refractivity contribution >= 4 is 41.4 Å². The number of hydrogen-bond donors (Lipinski definition) is 2. The van der Waals surface area contributed by atoms with Crippen LogP contribution in [-0.2, 0) is 6.54 Å². The fourth-order valence-corrected chi connectivity index (χ4v) is 3.40. The molecule has 1 aliphatic rings. The molecule has 1 atom stereocenters. The molecule has 6 nitrogen and oxygen atoms in total. The van der Waals surface area contributed by atoms with Crippen molar-refractivity contribution in [2.75, 3.05) is 42.5 Å². The third-order valence-electron chi connectivity index (χ3n) is 5.36. The molecular weight excluding hydrogens is 506 g/mol. The predicted molar refractivity (Wildman–Crippen MR) is 138 cm³/mol. The zero-order valence-corrected chi connectivity index (χ0v) is 21.0. The number of piperazine rings is 1. The van der Waals surface area contributed by atoms with Gasteiger partial charge in [-0.1, -0.05) is 6.92 Å². The van der Waals surface area contributed by atoms with Crippen molar-refractivity contribution in [1.29, 1.82) is 0 Å². The Balaban J connectivity index is 0.00000341. The number of guanidine groups is 1. The predicted octanol–water partition coefficient (Wildman–Crippen LogP) is 4.02. The molecule has 0 bridgehead atoms. The van der Waals surface area contributed by atoms with Gasteiger partial charge in [0.15, 0.2) is 5.96 Å². The third-order valence-corrected chi connectivity index (χ3v) is 5.36. The molecular formula is C23H34FIN6. The summed E-state index contributed by atoms with van der Waals surface area (Å²) in [5.74, 6) is 1.64. The van der Waals surface area contributed by atoms with E-state index < -0.39 is 0 Å². The zero-order valence-electron chi connectivity index (χ0n) is 18.6. The van der Waals surface area contributed by atoms with Gasteiger partial charge in [0.05, 0.1) is 6.54 Å². The van der Waals surface area contributed by atoms with E-state index >= 15 is 0 Å². The van der Waals surface area contributed by atoms with Gasteiger partial charge in [-0.3, -0.25) is 0 Å². The second-order valence-electron chi connectivity index (χ2n) is 7.62. The van der Waals surface area contributed by atoms with E-state index in [9.17, 15) is 4.39 Å². The molecule has 1 saturated heterocycles. The third kappa shape index (κ3) is 7.52. The minimum absolute atomic E-state index is 0. The van der Waals surface area contributed by atoms with Crippen LogP contribution in [0.15, 0.2) is 47.6 Å². The molecule has 0 saturated carbocycles. The minimum atomic E-state index is -0.197. The van der Waals surface area contributed by atoms with E-state index in [0.29, 0.717) is 12.6 Å². The summed E-state index contributed by atoms with van der Waals surface area (Å²) in [7, 11) is 0. The summed E-state index contributed by atoms with van der Waals surface area (Å²) in [6.07, 6.45) is 2.91. The molecule has 0 spiro atoms. The quantitative estimate of drug-likeness (QED) is 0.316. The first kappa shape index (κ1) is 25.2. The summed E-state index contributed by atoms with van der Waals surface area (Å²) in [5, 5.41) is 6.73. The first-order valence-electron chi connectivity index (χ1n) is 10.8. The number of nitrogens with one attached hydrogen (secondary N) is 2. The number of halogens is 2. The standard InChI is InChI=1S/C23H33FN6.HI/c1-4-18(3)28-23(25-5-2)27-17-19-10-11-26-22(16-19)30-14-12-29(13-15-30)21-8-6-20(24)7-9-21;/h6-11,16,18H,4-5,12-15,17H2,1-3H3,(H2,25,27,28);1H. The molecule has 2 heterocycles. The Bertz CT molecular complexity index is 821. The van der Waals surface area contributed by atoms with Crippen molar-refractivity contribution < 1.29 is 4.39 Å². The van der Waals surface area contributed by atoms with Gasteiger partial charge in [0.25, 0.3) is 0 Å². The van der Waals surface area contributed by atoms with Gasteiger partial charge in [-0.2, -0.15) is 0 Å². The number of hydrogen-bond acceptors (Lipinski definition) is 4. The van der Waals surface area contributed by atoms with Crippen LogP contribution < -0.4 is 20.4 Å². The van der Waals surface area contributed by atoms with E-state index in [-0.39, 0.29) is 29.8 Å². The average Bonchev–Trinajstić information content (AvgIpc) is 2.78. The van der Waals surface area contributed by atoms with Crippen LogP contribution in [-0.4, -0.2) is 49.7 Å². The Morgan fingerprint density at radius 3 is 2.42 bits per heavy atom. The summed E-state index contributed by atoms with van der Waals surface area (Å²) in [6, 6.07) is 11.3. The molecule has 2 aromatic rings. The second-order valence-corrected chi connectivity index (χ2v) is 7.62. The van der Waals surface area contributed by atoms with Crippen LogP contribution in [0.25, 0.3) is 0 Å². The maximum atomic E-state index is 13.2. The normalized spacial score (nSPS) is 15.3. The molecule has 1 fully saturated rings. The highest BCUT2D eigenvalue weighted by Gasteiger charge is 2.18. The molecule has 1 aromatic carbocycles. The van der Waals surface area contributed by atoms with Crippen LogP contribution >= 0.6 is 24.0 Å². The summed E-state index contributed by atoms with van der Waals surface area (Å²) >= 11 is 0. The molecule has 0 radical (unpaired) electrons. The number of anilines is 2. The number of aromatic nitrogens is 1. The van der Waals surface area contributed by atoms with Gasteiger partial charge >= 0.3 is 0 Å². The monoisotopic (exact) mass is 540 g/mol. The van der Waals surface area contributed by atoms with Crippen LogP contribution in [0.1, 0.15) is 32.8 Å². The number of aliphatic imine (C=N–C) groups is 1. The lowest BCUT2D eigenvalue weighted by molar-refractivity contribution is 0.623. The fourth-order valence-electron chi connectivity index (χ4n) is 3.40.